The average molecular weight is 270 g/mol. The summed E-state index contributed by atoms with van der Waals surface area (Å²) in [5.41, 5.74) is 0.765. The lowest BCUT2D eigenvalue weighted by atomic mass is 9.98. The maximum atomic E-state index is 11.6. The summed E-state index contributed by atoms with van der Waals surface area (Å²) in [7, 11) is 0. The number of rotatable bonds is 3. The Morgan fingerprint density at radius 3 is 2.83 bits per heavy atom. The Morgan fingerprint density at radius 2 is 2.28 bits per heavy atom. The van der Waals surface area contributed by atoms with Gasteiger partial charge in [-0.05, 0) is 24.6 Å². The molecule has 0 unspecified atom stereocenters. The summed E-state index contributed by atoms with van der Waals surface area (Å²) in [5, 5.41) is 18.6. The number of carbonyl (C=O) groups is 1. The van der Waals surface area contributed by atoms with Crippen molar-refractivity contribution in [1.29, 1.82) is 0 Å². The van der Waals surface area contributed by atoms with Crippen LogP contribution in [0.3, 0.4) is 0 Å². The van der Waals surface area contributed by atoms with Crippen LogP contribution in [0.2, 0.25) is 5.02 Å². The molecular formula is C12H16ClN3O2. The molecule has 0 radical (unpaired) electrons. The van der Waals surface area contributed by atoms with Crippen LogP contribution in [0.4, 0.5) is 10.5 Å². The normalized spacial score (nSPS) is 16.8. The van der Waals surface area contributed by atoms with Crippen molar-refractivity contribution in [3.63, 3.8) is 0 Å². The van der Waals surface area contributed by atoms with E-state index in [4.69, 9.17) is 11.6 Å². The number of aliphatic hydroxyl groups is 1. The van der Waals surface area contributed by atoms with Gasteiger partial charge in [-0.2, -0.15) is 0 Å². The number of aryl methyl sites for hydroxylation is 1. The summed E-state index contributed by atoms with van der Waals surface area (Å²) in [5.74, 6) is 0. The van der Waals surface area contributed by atoms with Crippen molar-refractivity contribution < 1.29 is 9.90 Å². The topological polar surface area (TPSA) is 73.4 Å². The molecule has 1 fully saturated rings. The molecule has 5 nitrogen and oxygen atoms in total. The molecule has 1 aromatic carbocycles. The summed E-state index contributed by atoms with van der Waals surface area (Å²) in [6.45, 7) is 3.13. The molecule has 6 heteroatoms. The number of anilines is 1. The molecular weight excluding hydrogens is 254 g/mol. The van der Waals surface area contributed by atoms with Crippen LogP contribution in [-0.2, 0) is 0 Å². The van der Waals surface area contributed by atoms with E-state index in [1.54, 1.807) is 12.1 Å². The first-order chi connectivity index (χ1) is 8.48. The second-order valence-electron chi connectivity index (χ2n) is 4.60. The third-order valence-electron chi connectivity index (χ3n) is 2.92. The van der Waals surface area contributed by atoms with Gasteiger partial charge in [0, 0.05) is 23.8 Å². The fourth-order valence-electron chi connectivity index (χ4n) is 1.63. The second kappa shape index (κ2) is 5.14. The predicted molar refractivity (Wildman–Crippen MR) is 71.0 cm³/mol. The standard InChI is InChI=1S/C12H16ClN3O2/c1-8-2-3-9(4-10(8)13)16-11(17)15-7-12(18)5-14-6-12/h2-4,14,18H,5-7H2,1H3,(H2,15,16,17). The summed E-state index contributed by atoms with van der Waals surface area (Å²) < 4.78 is 0. The Balaban J connectivity index is 1.85. The zero-order chi connectivity index (χ0) is 13.2. The monoisotopic (exact) mass is 269 g/mol. The van der Waals surface area contributed by atoms with Gasteiger partial charge in [0.1, 0.15) is 5.60 Å². The Labute approximate surface area is 111 Å². The molecule has 0 aliphatic carbocycles. The van der Waals surface area contributed by atoms with Gasteiger partial charge in [-0.25, -0.2) is 4.79 Å². The number of benzene rings is 1. The Kier molecular flexibility index (Phi) is 3.75. The van der Waals surface area contributed by atoms with E-state index in [0.29, 0.717) is 23.8 Å². The SMILES string of the molecule is Cc1ccc(NC(=O)NCC2(O)CNC2)cc1Cl. The fourth-order valence-corrected chi connectivity index (χ4v) is 1.81. The lowest BCUT2D eigenvalue weighted by Crippen LogP contribution is -2.64. The molecule has 2 rings (SSSR count). The third kappa shape index (κ3) is 3.13. The lowest BCUT2D eigenvalue weighted by molar-refractivity contribution is -0.00575. The van der Waals surface area contributed by atoms with E-state index in [1.807, 2.05) is 13.0 Å². The van der Waals surface area contributed by atoms with Gasteiger partial charge < -0.3 is 21.1 Å². The number of carbonyl (C=O) groups excluding carboxylic acids is 1. The highest BCUT2D eigenvalue weighted by Crippen LogP contribution is 2.19. The molecule has 1 aromatic rings. The van der Waals surface area contributed by atoms with Crippen LogP contribution in [-0.4, -0.2) is 36.4 Å². The molecule has 1 aliphatic rings. The van der Waals surface area contributed by atoms with Gasteiger partial charge in [0.05, 0.1) is 6.54 Å². The zero-order valence-corrected chi connectivity index (χ0v) is 10.8. The van der Waals surface area contributed by atoms with Crippen molar-refractivity contribution in [2.75, 3.05) is 25.0 Å². The van der Waals surface area contributed by atoms with Gasteiger partial charge in [-0.3, -0.25) is 0 Å². The third-order valence-corrected chi connectivity index (χ3v) is 3.32. The number of hydrogen-bond acceptors (Lipinski definition) is 3. The first-order valence-electron chi connectivity index (χ1n) is 5.73. The summed E-state index contributed by atoms with van der Waals surface area (Å²) in [6.07, 6.45) is 0. The highest BCUT2D eigenvalue weighted by molar-refractivity contribution is 6.31. The van der Waals surface area contributed by atoms with Gasteiger partial charge in [-0.15, -0.1) is 0 Å². The van der Waals surface area contributed by atoms with Crippen molar-refractivity contribution in [1.82, 2.24) is 10.6 Å². The highest BCUT2D eigenvalue weighted by Gasteiger charge is 2.34. The van der Waals surface area contributed by atoms with E-state index >= 15 is 0 Å². The van der Waals surface area contributed by atoms with E-state index in [0.717, 1.165) is 5.56 Å². The van der Waals surface area contributed by atoms with Crippen molar-refractivity contribution >= 4 is 23.3 Å². The lowest BCUT2D eigenvalue weighted by Gasteiger charge is -2.37. The number of amides is 2. The van der Waals surface area contributed by atoms with Gasteiger partial charge in [0.2, 0.25) is 0 Å². The van der Waals surface area contributed by atoms with Crippen molar-refractivity contribution in [2.24, 2.45) is 0 Å². The molecule has 0 atom stereocenters. The van der Waals surface area contributed by atoms with E-state index in [2.05, 4.69) is 16.0 Å². The van der Waals surface area contributed by atoms with E-state index in [-0.39, 0.29) is 12.6 Å². The highest BCUT2D eigenvalue weighted by atomic mass is 35.5. The minimum Gasteiger partial charge on any atom is -0.385 e. The van der Waals surface area contributed by atoms with Crippen LogP contribution in [0.25, 0.3) is 0 Å². The van der Waals surface area contributed by atoms with Crippen LogP contribution in [0.1, 0.15) is 5.56 Å². The first kappa shape index (κ1) is 13.1. The quantitative estimate of drug-likeness (QED) is 0.664. The number of urea groups is 1. The van der Waals surface area contributed by atoms with Gasteiger partial charge >= 0.3 is 6.03 Å². The minimum atomic E-state index is -0.817. The Morgan fingerprint density at radius 1 is 1.56 bits per heavy atom. The molecule has 98 valence electrons. The Hall–Kier alpha value is -1.30. The van der Waals surface area contributed by atoms with Gasteiger partial charge in [0.15, 0.2) is 0 Å². The molecule has 1 aliphatic heterocycles. The molecule has 18 heavy (non-hydrogen) atoms. The van der Waals surface area contributed by atoms with Crippen LogP contribution in [0.15, 0.2) is 18.2 Å². The van der Waals surface area contributed by atoms with E-state index < -0.39 is 5.60 Å². The minimum absolute atomic E-state index is 0.228. The molecule has 0 saturated carbocycles. The van der Waals surface area contributed by atoms with Crippen molar-refractivity contribution in [3.8, 4) is 0 Å². The van der Waals surface area contributed by atoms with Gasteiger partial charge in [0.25, 0.3) is 0 Å². The van der Waals surface area contributed by atoms with Crippen LogP contribution >= 0.6 is 11.6 Å². The van der Waals surface area contributed by atoms with Crippen LogP contribution in [0.5, 0.6) is 0 Å². The first-order valence-corrected chi connectivity index (χ1v) is 6.10. The second-order valence-corrected chi connectivity index (χ2v) is 5.01. The van der Waals surface area contributed by atoms with E-state index in [9.17, 15) is 9.90 Å². The number of nitrogens with one attached hydrogen (secondary N) is 3. The maximum Gasteiger partial charge on any atom is 0.319 e. The molecule has 0 aromatic heterocycles. The van der Waals surface area contributed by atoms with Crippen LogP contribution < -0.4 is 16.0 Å². The predicted octanol–water partition coefficient (Wildman–Crippen LogP) is 1.10. The molecule has 2 amide bonds. The maximum absolute atomic E-state index is 11.6. The molecule has 4 N–H and O–H groups in total. The summed E-state index contributed by atoms with van der Waals surface area (Å²) in [4.78, 5) is 11.6. The summed E-state index contributed by atoms with van der Waals surface area (Å²) in [6, 6.07) is 4.95. The zero-order valence-electron chi connectivity index (χ0n) is 10.1. The molecule has 0 spiro atoms. The smallest absolute Gasteiger partial charge is 0.319 e. The van der Waals surface area contributed by atoms with Crippen molar-refractivity contribution in [3.05, 3.63) is 28.8 Å². The average Bonchev–Trinajstić information content (AvgIpc) is 2.29. The van der Waals surface area contributed by atoms with Crippen molar-refractivity contribution in [2.45, 2.75) is 12.5 Å². The molecule has 1 saturated heterocycles. The molecule has 1 heterocycles. The largest absolute Gasteiger partial charge is 0.385 e. The number of hydrogen-bond donors (Lipinski definition) is 4. The number of halogens is 1. The summed E-state index contributed by atoms with van der Waals surface area (Å²) >= 11 is 5.96. The number of β-amino-alcohol motifs (C(OH)–C–C–N with tert-alkyl or cyclic N) is 1. The molecule has 0 bridgehead atoms. The fraction of sp³-hybridized carbons (Fsp3) is 0.417. The Bertz CT molecular complexity index is 461. The van der Waals surface area contributed by atoms with E-state index in [1.165, 1.54) is 0 Å². The van der Waals surface area contributed by atoms with Gasteiger partial charge in [-0.1, -0.05) is 17.7 Å². The van der Waals surface area contributed by atoms with Crippen LogP contribution in [0, 0.1) is 6.92 Å².